The Labute approximate surface area is 189 Å². The van der Waals surface area contributed by atoms with Crippen LogP contribution < -0.4 is 0 Å². The summed E-state index contributed by atoms with van der Waals surface area (Å²) in [7, 11) is 0. The summed E-state index contributed by atoms with van der Waals surface area (Å²) in [5.41, 5.74) is 7.70. The van der Waals surface area contributed by atoms with E-state index in [1.54, 1.807) is 0 Å². The number of amidine groups is 1. The van der Waals surface area contributed by atoms with Crippen LogP contribution in [0.1, 0.15) is 60.6 Å². The minimum Gasteiger partial charge on any atom is -0.338 e. The molecule has 2 aliphatic heterocycles. The Bertz CT molecular complexity index is 1120. The molecule has 0 unspecified atom stereocenters. The summed E-state index contributed by atoms with van der Waals surface area (Å²) in [5, 5.41) is 1.19. The number of nitrogens with zero attached hydrogens (tertiary/aromatic N) is 4. The zero-order valence-corrected chi connectivity index (χ0v) is 19.6. The second-order valence-corrected chi connectivity index (χ2v) is 9.47. The highest BCUT2D eigenvalue weighted by Crippen LogP contribution is 2.49. The first-order valence-corrected chi connectivity index (χ1v) is 12.3. The number of para-hydroxylation sites is 1. The largest absolute Gasteiger partial charge is 0.338 e. The van der Waals surface area contributed by atoms with Crippen LogP contribution in [0.25, 0.3) is 5.69 Å². The first kappa shape index (κ1) is 20.4. The number of hydrogen-bond acceptors (Lipinski definition) is 4. The van der Waals surface area contributed by atoms with Crippen LogP contribution in [-0.4, -0.2) is 31.4 Å². The molecule has 5 heteroatoms. The fourth-order valence-electron chi connectivity index (χ4n) is 5.17. The number of pyridine rings is 1. The van der Waals surface area contributed by atoms with Crippen molar-refractivity contribution in [3.63, 3.8) is 0 Å². The fourth-order valence-corrected chi connectivity index (χ4v) is 6.51. The topological polar surface area (TPSA) is 33.4 Å². The molecule has 1 fully saturated rings. The van der Waals surface area contributed by atoms with Crippen molar-refractivity contribution in [3.8, 4) is 5.69 Å². The predicted octanol–water partition coefficient (Wildman–Crippen LogP) is 6.03. The van der Waals surface area contributed by atoms with Gasteiger partial charge in [-0.3, -0.25) is 9.98 Å². The van der Waals surface area contributed by atoms with Crippen molar-refractivity contribution in [2.45, 2.75) is 58.7 Å². The second-order valence-electron chi connectivity index (χ2n) is 8.48. The van der Waals surface area contributed by atoms with Gasteiger partial charge in [0, 0.05) is 35.1 Å². The molecule has 1 saturated heterocycles. The molecule has 4 nitrogen and oxygen atoms in total. The molecule has 160 valence electrons. The molecule has 2 aliphatic rings. The van der Waals surface area contributed by atoms with Crippen LogP contribution in [0.15, 0.2) is 59.7 Å². The van der Waals surface area contributed by atoms with Crippen LogP contribution in [-0.2, 0) is 6.42 Å². The van der Waals surface area contributed by atoms with Crippen molar-refractivity contribution in [2.75, 3.05) is 5.75 Å². The first-order valence-electron chi connectivity index (χ1n) is 11.3. The van der Waals surface area contributed by atoms with Gasteiger partial charge in [-0.25, -0.2) is 0 Å². The van der Waals surface area contributed by atoms with Crippen molar-refractivity contribution < 1.29 is 0 Å². The van der Waals surface area contributed by atoms with E-state index >= 15 is 0 Å². The van der Waals surface area contributed by atoms with Gasteiger partial charge in [-0.05, 0) is 62.1 Å². The number of rotatable bonds is 5. The second kappa shape index (κ2) is 8.19. The molecule has 0 amide bonds. The maximum absolute atomic E-state index is 5.20. The van der Waals surface area contributed by atoms with E-state index in [1.165, 1.54) is 33.4 Å². The SMILES string of the molecule is CCc1ccccc1-n1c(C)cc([C@@H]2[C@H](c3ccccn3)N=C3SC[C@H](CC)N32)c1C. The van der Waals surface area contributed by atoms with E-state index in [4.69, 9.17) is 9.98 Å². The number of thioether (sulfide) groups is 1. The van der Waals surface area contributed by atoms with E-state index < -0.39 is 0 Å². The molecular weight excluding hydrogens is 400 g/mol. The first-order chi connectivity index (χ1) is 15.1. The average molecular weight is 431 g/mol. The number of benzene rings is 1. The molecule has 3 aromatic rings. The van der Waals surface area contributed by atoms with Gasteiger partial charge < -0.3 is 9.47 Å². The Kier molecular flexibility index (Phi) is 5.39. The highest BCUT2D eigenvalue weighted by molar-refractivity contribution is 8.14. The van der Waals surface area contributed by atoms with Crippen molar-refractivity contribution in [2.24, 2.45) is 4.99 Å². The molecule has 4 heterocycles. The van der Waals surface area contributed by atoms with Gasteiger partial charge in [0.25, 0.3) is 0 Å². The molecule has 0 radical (unpaired) electrons. The number of hydrogen-bond donors (Lipinski definition) is 0. The molecule has 31 heavy (non-hydrogen) atoms. The molecule has 0 spiro atoms. The van der Waals surface area contributed by atoms with Gasteiger partial charge in [-0.2, -0.15) is 0 Å². The average Bonchev–Trinajstić information content (AvgIpc) is 3.45. The lowest BCUT2D eigenvalue weighted by Gasteiger charge is -2.32. The minimum absolute atomic E-state index is 0.0356. The highest BCUT2D eigenvalue weighted by Gasteiger charge is 2.46. The maximum atomic E-state index is 5.20. The summed E-state index contributed by atoms with van der Waals surface area (Å²) in [6.45, 7) is 9.02. The summed E-state index contributed by atoms with van der Waals surface area (Å²) < 4.78 is 2.44. The minimum atomic E-state index is 0.0356. The monoisotopic (exact) mass is 430 g/mol. The van der Waals surface area contributed by atoms with E-state index in [1.807, 2.05) is 24.0 Å². The third-order valence-corrected chi connectivity index (χ3v) is 7.86. The van der Waals surface area contributed by atoms with Crippen molar-refractivity contribution in [1.82, 2.24) is 14.5 Å². The maximum Gasteiger partial charge on any atom is 0.160 e. The van der Waals surface area contributed by atoms with Crippen LogP contribution in [0.3, 0.4) is 0 Å². The third kappa shape index (κ3) is 3.30. The molecule has 0 N–H and O–H groups in total. The number of aryl methyl sites for hydroxylation is 2. The number of aliphatic imine (C=N–C) groups is 1. The van der Waals surface area contributed by atoms with Crippen molar-refractivity contribution in [3.05, 3.63) is 82.9 Å². The zero-order valence-electron chi connectivity index (χ0n) is 18.7. The van der Waals surface area contributed by atoms with Crippen LogP contribution in [0, 0.1) is 13.8 Å². The Morgan fingerprint density at radius 3 is 2.61 bits per heavy atom. The van der Waals surface area contributed by atoms with Gasteiger partial charge in [-0.1, -0.05) is 49.9 Å². The Hall–Kier alpha value is -2.53. The van der Waals surface area contributed by atoms with E-state index in [0.29, 0.717) is 6.04 Å². The highest BCUT2D eigenvalue weighted by atomic mass is 32.2. The Morgan fingerprint density at radius 1 is 1.06 bits per heavy atom. The van der Waals surface area contributed by atoms with Gasteiger partial charge in [0.2, 0.25) is 0 Å². The molecule has 3 atom stereocenters. The fraction of sp³-hybridized carbons (Fsp3) is 0.385. The number of fused-ring (bicyclic) bond motifs is 1. The Morgan fingerprint density at radius 2 is 1.87 bits per heavy atom. The van der Waals surface area contributed by atoms with Gasteiger partial charge in [0.1, 0.15) is 6.04 Å². The molecule has 1 aromatic carbocycles. The van der Waals surface area contributed by atoms with Crippen LogP contribution >= 0.6 is 11.8 Å². The summed E-state index contributed by atoms with van der Waals surface area (Å²) in [6.07, 6.45) is 4.05. The Balaban J connectivity index is 1.65. The summed E-state index contributed by atoms with van der Waals surface area (Å²) in [5.74, 6) is 1.12. The molecule has 2 aromatic heterocycles. The van der Waals surface area contributed by atoms with E-state index in [0.717, 1.165) is 24.3 Å². The zero-order chi connectivity index (χ0) is 21.5. The molecule has 0 bridgehead atoms. The van der Waals surface area contributed by atoms with Crippen LogP contribution in [0.2, 0.25) is 0 Å². The molecular formula is C26H30N4S. The van der Waals surface area contributed by atoms with Gasteiger partial charge in [0.15, 0.2) is 5.17 Å². The standard InChI is InChI=1S/C26H30N4S/c1-5-19-11-7-8-13-23(19)29-17(3)15-21(18(29)4)25-24(22-12-9-10-14-27-22)28-26-30(25)20(6-2)16-31-26/h7-15,20,24-25H,5-6,16H2,1-4H3/t20-,24-,25+/m0/s1. The van der Waals surface area contributed by atoms with Crippen LogP contribution in [0.5, 0.6) is 0 Å². The van der Waals surface area contributed by atoms with Gasteiger partial charge in [-0.15, -0.1) is 0 Å². The summed E-state index contributed by atoms with van der Waals surface area (Å²) in [4.78, 5) is 12.5. The van der Waals surface area contributed by atoms with Crippen LogP contribution in [0.4, 0.5) is 0 Å². The number of aromatic nitrogens is 2. The lowest BCUT2D eigenvalue weighted by Crippen LogP contribution is -2.35. The lowest BCUT2D eigenvalue weighted by atomic mass is 9.95. The normalized spacial score (nSPS) is 22.6. The van der Waals surface area contributed by atoms with Gasteiger partial charge >= 0.3 is 0 Å². The third-order valence-electron chi connectivity index (χ3n) is 6.73. The molecule has 0 saturated carbocycles. The predicted molar refractivity (Wildman–Crippen MR) is 130 cm³/mol. The van der Waals surface area contributed by atoms with E-state index in [2.05, 4.69) is 79.6 Å². The summed E-state index contributed by atoms with van der Waals surface area (Å²) in [6, 6.07) is 18.1. The van der Waals surface area contributed by atoms with E-state index in [-0.39, 0.29) is 12.1 Å². The van der Waals surface area contributed by atoms with Crippen molar-refractivity contribution >= 4 is 16.9 Å². The molecule has 5 rings (SSSR count). The van der Waals surface area contributed by atoms with E-state index in [9.17, 15) is 0 Å². The van der Waals surface area contributed by atoms with Crippen molar-refractivity contribution in [1.29, 1.82) is 0 Å². The van der Waals surface area contributed by atoms with Gasteiger partial charge in [0.05, 0.1) is 11.7 Å². The summed E-state index contributed by atoms with van der Waals surface area (Å²) >= 11 is 1.90. The quantitative estimate of drug-likeness (QED) is 0.495. The smallest absolute Gasteiger partial charge is 0.160 e. The lowest BCUT2D eigenvalue weighted by molar-refractivity contribution is 0.254. The molecule has 0 aliphatic carbocycles.